The molecule has 1 aliphatic carbocycles. The number of rotatable bonds is 5. The van der Waals surface area contributed by atoms with Gasteiger partial charge in [0.2, 0.25) is 5.82 Å². The molecule has 4 atom stereocenters. The van der Waals surface area contributed by atoms with Gasteiger partial charge in [-0.2, -0.15) is 0 Å². The topological polar surface area (TPSA) is 54.3 Å². The zero-order valence-corrected chi connectivity index (χ0v) is 20.3. The first-order chi connectivity index (χ1) is 17.0. The second kappa shape index (κ2) is 8.86. The van der Waals surface area contributed by atoms with Gasteiger partial charge in [-0.25, -0.2) is 14.1 Å². The maximum absolute atomic E-state index is 13.9. The maximum atomic E-state index is 13.9. The molecule has 6 nitrogen and oxygen atoms in total. The van der Waals surface area contributed by atoms with E-state index in [0.717, 1.165) is 32.6 Å². The van der Waals surface area contributed by atoms with E-state index in [9.17, 15) is 9.18 Å². The molecule has 4 unspecified atom stereocenters. The van der Waals surface area contributed by atoms with Gasteiger partial charge >= 0.3 is 0 Å². The Morgan fingerprint density at radius 3 is 2.60 bits per heavy atom. The third kappa shape index (κ3) is 4.05. The highest BCUT2D eigenvalue weighted by atomic mass is 19.1. The molecule has 3 aromatic rings. The Morgan fingerprint density at radius 2 is 1.83 bits per heavy atom. The van der Waals surface area contributed by atoms with Crippen molar-refractivity contribution in [2.24, 2.45) is 17.8 Å². The van der Waals surface area contributed by atoms with E-state index in [1.807, 2.05) is 13.8 Å². The summed E-state index contributed by atoms with van der Waals surface area (Å²) in [6.45, 7) is 7.94. The fraction of sp³-hybridized carbons (Fsp3) is 0.464. The molecule has 2 bridgehead atoms. The second-order valence-electron chi connectivity index (χ2n) is 10.7. The van der Waals surface area contributed by atoms with Gasteiger partial charge in [0.05, 0.1) is 5.69 Å². The van der Waals surface area contributed by atoms with Crippen molar-refractivity contribution in [2.75, 3.05) is 19.6 Å². The zero-order valence-electron chi connectivity index (χ0n) is 20.3. The van der Waals surface area contributed by atoms with Crippen molar-refractivity contribution in [1.82, 2.24) is 24.6 Å². The van der Waals surface area contributed by atoms with Gasteiger partial charge in [0.25, 0.3) is 5.91 Å². The Labute approximate surface area is 205 Å². The number of aromatic nitrogens is 3. The number of carbonyl (C=O) groups is 1. The van der Waals surface area contributed by atoms with E-state index >= 15 is 0 Å². The quantitative estimate of drug-likeness (QED) is 0.547. The van der Waals surface area contributed by atoms with Crippen LogP contribution < -0.4 is 0 Å². The van der Waals surface area contributed by atoms with Crippen molar-refractivity contribution in [2.45, 2.75) is 45.2 Å². The van der Waals surface area contributed by atoms with Crippen LogP contribution in [0.4, 0.5) is 4.39 Å². The number of likely N-dealkylation sites (tertiary alicyclic amines) is 1. The number of piperidine rings is 2. The van der Waals surface area contributed by atoms with Crippen molar-refractivity contribution in [3.8, 4) is 5.69 Å². The highest BCUT2D eigenvalue weighted by Gasteiger charge is 2.53. The van der Waals surface area contributed by atoms with Crippen LogP contribution in [0.15, 0.2) is 54.6 Å². The van der Waals surface area contributed by atoms with E-state index in [0.29, 0.717) is 29.3 Å². The van der Waals surface area contributed by atoms with Crippen molar-refractivity contribution in [3.63, 3.8) is 0 Å². The summed E-state index contributed by atoms with van der Waals surface area (Å²) in [5.74, 6) is 2.23. The normalized spacial score (nSPS) is 25.9. The van der Waals surface area contributed by atoms with Crippen LogP contribution in [0.3, 0.4) is 0 Å². The molecule has 2 aromatic carbocycles. The summed E-state index contributed by atoms with van der Waals surface area (Å²) < 4.78 is 15.5. The Balaban J connectivity index is 1.24. The average Bonchev–Trinajstić information content (AvgIpc) is 3.50. The lowest BCUT2D eigenvalue weighted by molar-refractivity contribution is -0.0151. The van der Waals surface area contributed by atoms with Gasteiger partial charge in [0, 0.05) is 38.1 Å². The van der Waals surface area contributed by atoms with Crippen LogP contribution in [0, 0.1) is 23.6 Å². The number of fused-ring (bicyclic) bond motifs is 2. The van der Waals surface area contributed by atoms with Gasteiger partial charge < -0.3 is 4.90 Å². The number of carbonyl (C=O) groups excluding carboxylic acids is 1. The average molecular weight is 474 g/mol. The predicted molar refractivity (Wildman–Crippen MR) is 132 cm³/mol. The highest BCUT2D eigenvalue weighted by Crippen LogP contribution is 2.47. The van der Waals surface area contributed by atoms with E-state index in [1.54, 1.807) is 16.8 Å². The number of nitrogens with zero attached hydrogens (tertiary/aromatic N) is 5. The first-order valence-electron chi connectivity index (χ1n) is 12.8. The predicted octanol–water partition coefficient (Wildman–Crippen LogP) is 4.51. The molecule has 7 rings (SSSR count). The molecule has 7 heteroatoms. The summed E-state index contributed by atoms with van der Waals surface area (Å²) in [7, 11) is 0. The summed E-state index contributed by atoms with van der Waals surface area (Å²) in [5.41, 5.74) is 1.94. The number of hydrogen-bond donors (Lipinski definition) is 0. The second-order valence-corrected chi connectivity index (χ2v) is 10.7. The fourth-order valence-corrected chi connectivity index (χ4v) is 6.58. The molecule has 182 valence electrons. The molecule has 1 saturated carbocycles. The number of hydrogen-bond acceptors (Lipinski definition) is 4. The Hall–Kier alpha value is -3.06. The van der Waals surface area contributed by atoms with Gasteiger partial charge in [-0.15, -0.1) is 5.10 Å². The molecule has 0 N–H and O–H groups in total. The van der Waals surface area contributed by atoms with Crippen LogP contribution in [0.5, 0.6) is 0 Å². The summed E-state index contributed by atoms with van der Waals surface area (Å²) in [6.07, 6.45) is 2.25. The van der Waals surface area contributed by atoms with Crippen LogP contribution in [-0.2, 0) is 6.54 Å². The smallest absolute Gasteiger partial charge is 0.293 e. The first kappa shape index (κ1) is 22.4. The zero-order chi connectivity index (χ0) is 24.1. The minimum Gasteiger partial charge on any atom is -0.332 e. The summed E-state index contributed by atoms with van der Waals surface area (Å²) in [6, 6.07) is 17.2. The van der Waals surface area contributed by atoms with Gasteiger partial charge in [-0.1, -0.05) is 50.2 Å². The minimum absolute atomic E-state index is 0.0517. The van der Waals surface area contributed by atoms with E-state index < -0.39 is 0 Å². The standard InChI is InChI=1S/C28H32FN5O/c1-18(2)27-30-26(31-34(27)22-10-6-9-21(29)13-22)28(35)33-15-20-11-12-25(33)24-17-32(16-23(20)24)14-19-7-4-3-5-8-19/h3-10,13,18,20,23-25H,11-12,14-17H2,1-2H3. The summed E-state index contributed by atoms with van der Waals surface area (Å²) in [4.78, 5) is 23.0. The lowest BCUT2D eigenvalue weighted by atomic mass is 9.66. The molecule has 3 aliphatic heterocycles. The minimum atomic E-state index is -0.332. The van der Waals surface area contributed by atoms with Gasteiger partial charge in [-0.05, 0) is 54.4 Å². The molecular formula is C28H32FN5O. The lowest BCUT2D eigenvalue weighted by Crippen LogP contribution is -2.59. The monoisotopic (exact) mass is 473 g/mol. The number of benzene rings is 2. The van der Waals surface area contributed by atoms with E-state index in [2.05, 4.69) is 50.2 Å². The van der Waals surface area contributed by atoms with Crippen LogP contribution >= 0.6 is 0 Å². The van der Waals surface area contributed by atoms with E-state index in [1.165, 1.54) is 24.1 Å². The van der Waals surface area contributed by atoms with Crippen molar-refractivity contribution >= 4 is 5.91 Å². The lowest BCUT2D eigenvalue weighted by Gasteiger charge is -2.51. The molecule has 1 aromatic heterocycles. The molecular weight excluding hydrogens is 441 g/mol. The van der Waals surface area contributed by atoms with Crippen LogP contribution in [0.2, 0.25) is 0 Å². The molecule has 4 heterocycles. The van der Waals surface area contributed by atoms with Crippen molar-refractivity contribution < 1.29 is 9.18 Å². The summed E-state index contributed by atoms with van der Waals surface area (Å²) in [5, 5.41) is 4.60. The molecule has 35 heavy (non-hydrogen) atoms. The third-order valence-corrected chi connectivity index (χ3v) is 8.15. The summed E-state index contributed by atoms with van der Waals surface area (Å²) >= 11 is 0. The SMILES string of the molecule is CC(C)c1nc(C(=O)N2CC3CCC2C2CN(Cc4ccccc4)CC32)nn1-c1cccc(F)c1. The maximum Gasteiger partial charge on any atom is 0.293 e. The molecule has 0 spiro atoms. The van der Waals surface area contributed by atoms with Gasteiger partial charge in [0.15, 0.2) is 0 Å². The molecule has 1 amide bonds. The van der Waals surface area contributed by atoms with Crippen LogP contribution in [-0.4, -0.2) is 56.1 Å². The number of halogens is 1. The molecule has 4 fully saturated rings. The number of amides is 1. The van der Waals surface area contributed by atoms with Crippen LogP contribution in [0.1, 0.15) is 54.6 Å². The van der Waals surface area contributed by atoms with Crippen molar-refractivity contribution in [3.05, 3.63) is 77.6 Å². The van der Waals surface area contributed by atoms with E-state index in [4.69, 9.17) is 0 Å². The first-order valence-corrected chi connectivity index (χ1v) is 12.8. The van der Waals surface area contributed by atoms with Crippen molar-refractivity contribution in [1.29, 1.82) is 0 Å². The van der Waals surface area contributed by atoms with Crippen LogP contribution in [0.25, 0.3) is 5.69 Å². The molecule has 4 aliphatic rings. The highest BCUT2D eigenvalue weighted by molar-refractivity contribution is 5.91. The van der Waals surface area contributed by atoms with Gasteiger partial charge in [0.1, 0.15) is 11.6 Å². The molecule has 0 radical (unpaired) electrons. The van der Waals surface area contributed by atoms with E-state index in [-0.39, 0.29) is 29.5 Å². The fourth-order valence-electron chi connectivity index (χ4n) is 6.58. The largest absolute Gasteiger partial charge is 0.332 e. The third-order valence-electron chi connectivity index (χ3n) is 8.15. The van der Waals surface area contributed by atoms with Gasteiger partial charge in [-0.3, -0.25) is 9.69 Å². The Kier molecular flexibility index (Phi) is 5.67. The Bertz CT molecular complexity index is 1230. The Morgan fingerprint density at radius 1 is 1.03 bits per heavy atom. The molecule has 3 saturated heterocycles.